The lowest BCUT2D eigenvalue weighted by Gasteiger charge is -2.24. The van der Waals surface area contributed by atoms with Gasteiger partial charge in [0.05, 0.1) is 6.54 Å². The van der Waals surface area contributed by atoms with Crippen LogP contribution in [-0.2, 0) is 9.59 Å². The molecule has 0 aromatic heterocycles. The van der Waals surface area contributed by atoms with Gasteiger partial charge < -0.3 is 10.2 Å². The summed E-state index contributed by atoms with van der Waals surface area (Å²) < 4.78 is 0. The third-order valence-corrected chi connectivity index (χ3v) is 3.89. The number of amides is 2. The Balaban J connectivity index is 2.53. The highest BCUT2D eigenvalue weighted by Gasteiger charge is 2.19. The van der Waals surface area contributed by atoms with Crippen LogP contribution in [0.1, 0.15) is 39.5 Å². The minimum absolute atomic E-state index is 0.0535. The minimum Gasteiger partial charge on any atom is -0.358 e. The van der Waals surface area contributed by atoms with Crippen molar-refractivity contribution in [2.45, 2.75) is 39.5 Å². The van der Waals surface area contributed by atoms with Crippen molar-refractivity contribution in [3.05, 3.63) is 11.6 Å². The molecule has 4 nitrogen and oxygen atoms in total. The predicted octanol–water partition coefficient (Wildman–Crippen LogP) is 1.96. The molecular formula is C15H26N2O2. The van der Waals surface area contributed by atoms with Crippen LogP contribution in [0.5, 0.6) is 0 Å². The van der Waals surface area contributed by atoms with E-state index in [4.69, 9.17) is 0 Å². The van der Waals surface area contributed by atoms with Gasteiger partial charge in [0, 0.05) is 19.7 Å². The number of carbonyl (C=O) groups is 2. The van der Waals surface area contributed by atoms with Gasteiger partial charge in [0.2, 0.25) is 11.8 Å². The zero-order valence-electron chi connectivity index (χ0n) is 12.5. The summed E-state index contributed by atoms with van der Waals surface area (Å²) in [6.45, 7) is 4.25. The van der Waals surface area contributed by atoms with E-state index in [-0.39, 0.29) is 18.4 Å². The van der Waals surface area contributed by atoms with Crippen molar-refractivity contribution in [3.63, 3.8) is 0 Å². The first-order valence-corrected chi connectivity index (χ1v) is 7.08. The van der Waals surface area contributed by atoms with Crippen LogP contribution >= 0.6 is 0 Å². The van der Waals surface area contributed by atoms with Crippen molar-refractivity contribution < 1.29 is 9.59 Å². The second-order valence-electron chi connectivity index (χ2n) is 5.70. The van der Waals surface area contributed by atoms with E-state index in [0.717, 1.165) is 11.5 Å². The maximum absolute atomic E-state index is 12.1. The SMILES string of the molecule is CNC(=O)CN(C)C(=O)/C(C)=C/C1CCC(C)CC1. The lowest BCUT2D eigenvalue weighted by Crippen LogP contribution is -2.37. The number of allylic oxidation sites excluding steroid dienone is 1. The van der Waals surface area contributed by atoms with Crippen molar-refractivity contribution in [3.8, 4) is 0 Å². The zero-order chi connectivity index (χ0) is 14.4. The van der Waals surface area contributed by atoms with Crippen LogP contribution in [-0.4, -0.2) is 37.4 Å². The van der Waals surface area contributed by atoms with Gasteiger partial charge in [-0.15, -0.1) is 0 Å². The highest BCUT2D eigenvalue weighted by Crippen LogP contribution is 2.29. The van der Waals surface area contributed by atoms with Crippen molar-refractivity contribution in [2.75, 3.05) is 20.6 Å². The Morgan fingerprint density at radius 3 is 2.37 bits per heavy atom. The van der Waals surface area contributed by atoms with Gasteiger partial charge in [-0.3, -0.25) is 9.59 Å². The molecule has 0 spiro atoms. The third kappa shape index (κ3) is 5.05. The molecule has 1 aliphatic rings. The Bertz CT molecular complexity index is 355. The third-order valence-electron chi connectivity index (χ3n) is 3.89. The van der Waals surface area contributed by atoms with Crippen LogP contribution in [0.4, 0.5) is 0 Å². The smallest absolute Gasteiger partial charge is 0.249 e. The molecule has 2 amide bonds. The maximum atomic E-state index is 12.1. The second kappa shape index (κ2) is 7.31. The standard InChI is InChI=1S/C15H26N2O2/c1-11-5-7-13(8-6-11)9-12(2)15(19)17(4)10-14(18)16-3/h9,11,13H,5-8,10H2,1-4H3,(H,16,18)/b12-9+. The first kappa shape index (κ1) is 15.7. The first-order valence-electron chi connectivity index (χ1n) is 7.08. The lowest BCUT2D eigenvalue weighted by molar-refractivity contribution is -0.131. The fourth-order valence-corrected chi connectivity index (χ4v) is 2.54. The number of carbonyl (C=O) groups excluding carboxylic acids is 2. The summed E-state index contributed by atoms with van der Waals surface area (Å²) in [5.74, 6) is 1.14. The largest absolute Gasteiger partial charge is 0.358 e. The van der Waals surface area contributed by atoms with E-state index in [0.29, 0.717) is 5.92 Å². The Morgan fingerprint density at radius 1 is 1.26 bits per heavy atom. The Labute approximate surface area is 116 Å². The first-order chi connectivity index (χ1) is 8.93. The Morgan fingerprint density at radius 2 is 1.84 bits per heavy atom. The van der Waals surface area contributed by atoms with Crippen LogP contribution in [0.25, 0.3) is 0 Å². The molecule has 0 aromatic rings. The Kier molecular flexibility index (Phi) is 6.06. The van der Waals surface area contributed by atoms with E-state index in [1.54, 1.807) is 14.1 Å². The molecule has 0 unspecified atom stereocenters. The van der Waals surface area contributed by atoms with Crippen LogP contribution in [0.2, 0.25) is 0 Å². The zero-order valence-corrected chi connectivity index (χ0v) is 12.5. The van der Waals surface area contributed by atoms with Crippen molar-refractivity contribution in [1.29, 1.82) is 0 Å². The molecule has 0 heterocycles. The molecule has 0 aromatic carbocycles. The van der Waals surface area contributed by atoms with Gasteiger partial charge in [0.15, 0.2) is 0 Å². The quantitative estimate of drug-likeness (QED) is 0.791. The molecule has 1 fully saturated rings. The van der Waals surface area contributed by atoms with E-state index < -0.39 is 0 Å². The molecule has 0 aliphatic heterocycles. The average Bonchev–Trinajstić information content (AvgIpc) is 2.40. The summed E-state index contributed by atoms with van der Waals surface area (Å²) >= 11 is 0. The highest BCUT2D eigenvalue weighted by atomic mass is 16.2. The molecular weight excluding hydrogens is 240 g/mol. The summed E-state index contributed by atoms with van der Waals surface area (Å²) in [4.78, 5) is 24.8. The summed E-state index contributed by atoms with van der Waals surface area (Å²) in [6.07, 6.45) is 6.93. The topological polar surface area (TPSA) is 49.4 Å². The van der Waals surface area contributed by atoms with Gasteiger partial charge in [-0.05, 0) is 31.6 Å². The van der Waals surface area contributed by atoms with E-state index in [1.807, 2.05) is 6.92 Å². The van der Waals surface area contributed by atoms with Crippen LogP contribution in [0.15, 0.2) is 11.6 Å². The fourth-order valence-electron chi connectivity index (χ4n) is 2.54. The fraction of sp³-hybridized carbons (Fsp3) is 0.733. The molecule has 4 heteroatoms. The number of hydrogen-bond donors (Lipinski definition) is 1. The minimum atomic E-state index is -0.143. The van der Waals surface area contributed by atoms with Gasteiger partial charge in [0.1, 0.15) is 0 Å². The molecule has 1 saturated carbocycles. The molecule has 0 saturated heterocycles. The normalized spacial score (nSPS) is 23.9. The lowest BCUT2D eigenvalue weighted by atomic mass is 9.82. The molecule has 1 N–H and O–H groups in total. The Hall–Kier alpha value is -1.32. The number of hydrogen-bond acceptors (Lipinski definition) is 2. The molecule has 1 aliphatic carbocycles. The second-order valence-corrected chi connectivity index (χ2v) is 5.70. The van der Waals surface area contributed by atoms with Crippen LogP contribution in [0, 0.1) is 11.8 Å². The number of nitrogens with zero attached hydrogens (tertiary/aromatic N) is 1. The van der Waals surface area contributed by atoms with E-state index >= 15 is 0 Å². The molecule has 1 rings (SSSR count). The van der Waals surface area contributed by atoms with Crippen LogP contribution < -0.4 is 5.32 Å². The maximum Gasteiger partial charge on any atom is 0.249 e. The summed E-state index contributed by atoms with van der Waals surface area (Å²) in [6, 6.07) is 0. The summed E-state index contributed by atoms with van der Waals surface area (Å²) in [5.41, 5.74) is 0.756. The van der Waals surface area contributed by atoms with Crippen molar-refractivity contribution in [1.82, 2.24) is 10.2 Å². The number of rotatable bonds is 4. The van der Waals surface area contributed by atoms with E-state index in [2.05, 4.69) is 18.3 Å². The van der Waals surface area contributed by atoms with Gasteiger partial charge >= 0.3 is 0 Å². The van der Waals surface area contributed by atoms with Crippen molar-refractivity contribution >= 4 is 11.8 Å². The average molecular weight is 266 g/mol. The molecule has 0 atom stereocenters. The summed E-state index contributed by atoms with van der Waals surface area (Å²) in [7, 11) is 3.24. The number of likely N-dealkylation sites (N-methyl/N-ethyl adjacent to an activating group) is 2. The molecule has 108 valence electrons. The van der Waals surface area contributed by atoms with Gasteiger partial charge in [-0.25, -0.2) is 0 Å². The number of nitrogens with one attached hydrogen (secondary N) is 1. The highest BCUT2D eigenvalue weighted by molar-refractivity contribution is 5.95. The van der Waals surface area contributed by atoms with Gasteiger partial charge in [0.25, 0.3) is 0 Å². The monoisotopic (exact) mass is 266 g/mol. The van der Waals surface area contributed by atoms with Gasteiger partial charge in [-0.2, -0.15) is 0 Å². The molecule has 0 bridgehead atoms. The van der Waals surface area contributed by atoms with E-state index in [9.17, 15) is 9.59 Å². The molecule has 0 radical (unpaired) electrons. The van der Waals surface area contributed by atoms with Gasteiger partial charge in [-0.1, -0.05) is 25.8 Å². The van der Waals surface area contributed by atoms with Crippen molar-refractivity contribution in [2.24, 2.45) is 11.8 Å². The summed E-state index contributed by atoms with van der Waals surface area (Å²) in [5, 5.41) is 2.52. The predicted molar refractivity (Wildman–Crippen MR) is 76.6 cm³/mol. The van der Waals surface area contributed by atoms with E-state index in [1.165, 1.54) is 30.6 Å². The van der Waals surface area contributed by atoms with Crippen LogP contribution in [0.3, 0.4) is 0 Å². The molecule has 19 heavy (non-hydrogen) atoms.